The first-order valence-corrected chi connectivity index (χ1v) is 6.63. The first-order chi connectivity index (χ1) is 7.60. The maximum absolute atomic E-state index is 11.4. The minimum absolute atomic E-state index is 0.105. The Hall–Kier alpha value is -0.570. The van der Waals surface area contributed by atoms with Crippen LogP contribution in [0.2, 0.25) is 0 Å². The summed E-state index contributed by atoms with van der Waals surface area (Å²) < 4.78 is 0. The predicted molar refractivity (Wildman–Crippen MR) is 71.6 cm³/mol. The summed E-state index contributed by atoms with van der Waals surface area (Å²) in [4.78, 5) is 11.4. The highest BCUT2D eigenvalue weighted by Gasteiger charge is 2.47. The molecule has 1 fully saturated rings. The number of carbonyl (C=O) groups is 1. The summed E-state index contributed by atoms with van der Waals surface area (Å²) in [5.41, 5.74) is 5.86. The van der Waals surface area contributed by atoms with Crippen molar-refractivity contribution in [2.75, 3.05) is 6.54 Å². The first kappa shape index (κ1) is 14.5. The summed E-state index contributed by atoms with van der Waals surface area (Å²) in [6.07, 6.45) is 3.71. The molecule has 100 valence electrons. The molecule has 0 bridgehead atoms. The second-order valence-electron chi connectivity index (χ2n) is 7.31. The smallest absolute Gasteiger partial charge is 0.219 e. The normalized spacial score (nSPS) is 25.5. The molecule has 0 aliphatic heterocycles. The van der Waals surface area contributed by atoms with Crippen LogP contribution in [0.15, 0.2) is 0 Å². The van der Waals surface area contributed by atoms with Crippen LogP contribution < -0.4 is 11.1 Å². The van der Waals surface area contributed by atoms with Crippen LogP contribution >= 0.6 is 0 Å². The molecule has 1 rings (SSSR count). The van der Waals surface area contributed by atoms with E-state index < -0.39 is 0 Å². The van der Waals surface area contributed by atoms with E-state index in [-0.39, 0.29) is 22.3 Å². The molecule has 0 atom stereocenters. The molecule has 0 aromatic heterocycles. The highest BCUT2D eigenvalue weighted by molar-refractivity contribution is 5.75. The van der Waals surface area contributed by atoms with Gasteiger partial charge < -0.3 is 11.1 Å². The number of nitrogens with two attached hydrogens (primary N) is 1. The van der Waals surface area contributed by atoms with E-state index in [4.69, 9.17) is 5.73 Å². The maximum Gasteiger partial charge on any atom is 0.219 e. The van der Waals surface area contributed by atoms with E-state index >= 15 is 0 Å². The average molecular weight is 240 g/mol. The summed E-state index contributed by atoms with van der Waals surface area (Å²) in [6.45, 7) is 12.2. The van der Waals surface area contributed by atoms with Crippen molar-refractivity contribution in [2.24, 2.45) is 16.6 Å². The van der Waals surface area contributed by atoms with Crippen molar-refractivity contribution >= 4 is 5.91 Å². The van der Waals surface area contributed by atoms with E-state index in [0.29, 0.717) is 6.42 Å². The minimum atomic E-state index is -0.195. The maximum atomic E-state index is 11.4. The van der Waals surface area contributed by atoms with Crippen LogP contribution in [0, 0.1) is 10.8 Å². The zero-order chi connectivity index (χ0) is 13.3. The first-order valence-electron chi connectivity index (χ1n) is 6.63. The summed E-state index contributed by atoms with van der Waals surface area (Å²) >= 11 is 0. The van der Waals surface area contributed by atoms with Gasteiger partial charge >= 0.3 is 0 Å². The summed E-state index contributed by atoms with van der Waals surface area (Å²) in [5.74, 6) is -0.195. The van der Waals surface area contributed by atoms with Crippen molar-refractivity contribution in [3.8, 4) is 0 Å². The molecule has 1 aliphatic carbocycles. The van der Waals surface area contributed by atoms with Gasteiger partial charge in [0.1, 0.15) is 0 Å². The fraction of sp³-hybridized carbons (Fsp3) is 0.929. The molecule has 0 aromatic rings. The highest BCUT2D eigenvalue weighted by atomic mass is 16.1. The Morgan fingerprint density at radius 3 is 1.94 bits per heavy atom. The zero-order valence-corrected chi connectivity index (χ0v) is 12.0. The molecule has 0 unspecified atom stereocenters. The average Bonchev–Trinajstić information content (AvgIpc) is 1.93. The van der Waals surface area contributed by atoms with Gasteiger partial charge in [-0.25, -0.2) is 0 Å². The van der Waals surface area contributed by atoms with Crippen molar-refractivity contribution in [3.05, 3.63) is 0 Å². The van der Waals surface area contributed by atoms with Crippen molar-refractivity contribution in [1.29, 1.82) is 0 Å². The molecular formula is C14H28N2O. The van der Waals surface area contributed by atoms with Crippen LogP contribution in [-0.4, -0.2) is 18.0 Å². The Bertz CT molecular complexity index is 279. The number of hydrogen-bond donors (Lipinski definition) is 2. The second-order valence-corrected chi connectivity index (χ2v) is 7.31. The van der Waals surface area contributed by atoms with E-state index in [1.54, 1.807) is 0 Å². The number of nitrogens with one attached hydrogen (secondary N) is 1. The molecule has 3 N–H and O–H groups in total. The number of rotatable bonds is 4. The van der Waals surface area contributed by atoms with Gasteiger partial charge in [-0.05, 0) is 36.6 Å². The third-order valence-corrected chi connectivity index (χ3v) is 3.66. The molecule has 0 radical (unpaired) electrons. The van der Waals surface area contributed by atoms with Crippen LogP contribution in [0.1, 0.15) is 60.3 Å². The lowest BCUT2D eigenvalue weighted by Crippen LogP contribution is -2.56. The SMILES string of the molecule is CCNC1(CC(N)=O)CC(C)(C)CC(C)(C)C1. The van der Waals surface area contributed by atoms with E-state index in [0.717, 1.165) is 19.4 Å². The molecule has 0 saturated heterocycles. The molecule has 0 aromatic carbocycles. The fourth-order valence-electron chi connectivity index (χ4n) is 4.34. The second kappa shape index (κ2) is 4.60. The van der Waals surface area contributed by atoms with Gasteiger partial charge in [0, 0.05) is 12.0 Å². The largest absolute Gasteiger partial charge is 0.370 e. The molecule has 1 amide bonds. The Morgan fingerprint density at radius 2 is 1.59 bits per heavy atom. The van der Waals surface area contributed by atoms with Gasteiger partial charge in [0.05, 0.1) is 0 Å². The van der Waals surface area contributed by atoms with Gasteiger partial charge in [-0.2, -0.15) is 0 Å². The van der Waals surface area contributed by atoms with E-state index in [1.165, 1.54) is 6.42 Å². The van der Waals surface area contributed by atoms with Gasteiger partial charge in [0.2, 0.25) is 5.91 Å². The number of carbonyl (C=O) groups excluding carboxylic acids is 1. The molecule has 0 heterocycles. The van der Waals surface area contributed by atoms with Crippen LogP contribution in [0.3, 0.4) is 0 Å². The van der Waals surface area contributed by atoms with Crippen molar-refractivity contribution in [1.82, 2.24) is 5.32 Å². The van der Waals surface area contributed by atoms with Crippen molar-refractivity contribution < 1.29 is 4.79 Å². The highest BCUT2D eigenvalue weighted by Crippen LogP contribution is 2.51. The molecule has 3 nitrogen and oxygen atoms in total. The van der Waals surface area contributed by atoms with Gasteiger partial charge in [0.25, 0.3) is 0 Å². The van der Waals surface area contributed by atoms with Crippen LogP contribution in [0.5, 0.6) is 0 Å². The summed E-state index contributed by atoms with van der Waals surface area (Å²) in [7, 11) is 0. The topological polar surface area (TPSA) is 55.1 Å². The standard InChI is InChI=1S/C14H28N2O/c1-6-16-14(7-11(15)17)9-12(2,3)8-13(4,5)10-14/h16H,6-10H2,1-5H3,(H2,15,17). The van der Waals surface area contributed by atoms with Crippen molar-refractivity contribution in [2.45, 2.75) is 65.8 Å². The molecule has 1 aliphatic rings. The van der Waals surface area contributed by atoms with Gasteiger partial charge in [-0.1, -0.05) is 34.6 Å². The van der Waals surface area contributed by atoms with Gasteiger partial charge in [-0.3, -0.25) is 4.79 Å². The number of amides is 1. The molecule has 17 heavy (non-hydrogen) atoms. The van der Waals surface area contributed by atoms with Crippen LogP contribution in [-0.2, 0) is 4.79 Å². The number of hydrogen-bond acceptors (Lipinski definition) is 2. The third-order valence-electron chi connectivity index (χ3n) is 3.66. The Kier molecular flexibility index (Phi) is 3.92. The Labute approximate surface area is 106 Å². The van der Waals surface area contributed by atoms with E-state index in [2.05, 4.69) is 39.9 Å². The molecule has 3 heteroatoms. The molecule has 0 spiro atoms. The predicted octanol–water partition coefficient (Wildman–Crippen LogP) is 2.45. The Morgan fingerprint density at radius 1 is 1.12 bits per heavy atom. The minimum Gasteiger partial charge on any atom is -0.370 e. The van der Waals surface area contributed by atoms with Gasteiger partial charge in [0.15, 0.2) is 0 Å². The monoisotopic (exact) mass is 240 g/mol. The lowest BCUT2D eigenvalue weighted by Gasteiger charge is -2.52. The van der Waals surface area contributed by atoms with Crippen LogP contribution in [0.4, 0.5) is 0 Å². The van der Waals surface area contributed by atoms with Crippen LogP contribution in [0.25, 0.3) is 0 Å². The summed E-state index contributed by atoms with van der Waals surface area (Å²) in [6, 6.07) is 0. The quantitative estimate of drug-likeness (QED) is 0.793. The zero-order valence-electron chi connectivity index (χ0n) is 12.0. The van der Waals surface area contributed by atoms with Gasteiger partial charge in [-0.15, -0.1) is 0 Å². The lowest BCUT2D eigenvalue weighted by molar-refractivity contribution is -0.121. The third kappa shape index (κ3) is 3.98. The fourth-order valence-corrected chi connectivity index (χ4v) is 4.34. The Balaban J connectivity index is 2.98. The van der Waals surface area contributed by atoms with E-state index in [9.17, 15) is 4.79 Å². The summed E-state index contributed by atoms with van der Waals surface area (Å²) in [5, 5.41) is 3.54. The number of primary amides is 1. The van der Waals surface area contributed by atoms with E-state index in [1.807, 2.05) is 0 Å². The lowest BCUT2D eigenvalue weighted by atomic mass is 9.57. The molecular weight excluding hydrogens is 212 g/mol. The molecule has 1 saturated carbocycles. The van der Waals surface area contributed by atoms with Crippen molar-refractivity contribution in [3.63, 3.8) is 0 Å².